The molecule has 0 bridgehead atoms. The van der Waals surface area contributed by atoms with Gasteiger partial charge in [0.1, 0.15) is 5.52 Å². The molecule has 0 aliphatic rings. The number of nitrogens with two attached hydrogens (primary N) is 1. The van der Waals surface area contributed by atoms with Crippen LogP contribution in [0.5, 0.6) is 0 Å². The summed E-state index contributed by atoms with van der Waals surface area (Å²) in [5.41, 5.74) is 10.7. The Kier molecular flexibility index (Phi) is 4.04. The van der Waals surface area contributed by atoms with Crippen LogP contribution in [0.15, 0.2) is 17.6 Å². The Morgan fingerprint density at radius 1 is 1.44 bits per heavy atom. The van der Waals surface area contributed by atoms with Crippen molar-refractivity contribution in [2.45, 2.75) is 26.3 Å². The van der Waals surface area contributed by atoms with Crippen LogP contribution < -0.4 is 10.6 Å². The Morgan fingerprint density at radius 3 is 2.89 bits per heavy atom. The van der Waals surface area contributed by atoms with Gasteiger partial charge in [-0.2, -0.15) is 0 Å². The number of nitrogens with zero attached hydrogens (tertiary/aromatic N) is 2. The van der Waals surface area contributed by atoms with Crippen molar-refractivity contribution >= 4 is 32.9 Å². The first-order chi connectivity index (χ1) is 8.65. The van der Waals surface area contributed by atoms with Crippen LogP contribution in [0.1, 0.15) is 20.3 Å². The Labute approximate surface area is 111 Å². The van der Waals surface area contributed by atoms with E-state index in [1.165, 1.54) is 0 Å². The molecule has 5 heteroatoms. The Hall–Kier alpha value is -1.33. The predicted molar refractivity (Wildman–Crippen MR) is 78.2 cm³/mol. The summed E-state index contributed by atoms with van der Waals surface area (Å²) in [6.07, 6.45) is 0.743. The lowest BCUT2D eigenvalue weighted by atomic mass is 10.2. The second-order valence-electron chi connectivity index (χ2n) is 4.56. The van der Waals surface area contributed by atoms with Gasteiger partial charge in [0.25, 0.3) is 0 Å². The zero-order valence-electron chi connectivity index (χ0n) is 10.8. The number of nitrogen functional groups attached to an aromatic ring is 1. The lowest BCUT2D eigenvalue weighted by Crippen LogP contribution is -2.32. The number of anilines is 2. The highest BCUT2D eigenvalue weighted by molar-refractivity contribution is 7.16. The van der Waals surface area contributed by atoms with Gasteiger partial charge in [-0.3, -0.25) is 0 Å². The molecule has 0 atom stereocenters. The van der Waals surface area contributed by atoms with Gasteiger partial charge in [-0.15, -0.1) is 11.3 Å². The molecule has 1 aromatic carbocycles. The highest BCUT2D eigenvalue weighted by Gasteiger charge is 2.15. The number of thiazole rings is 1. The fraction of sp³-hybridized carbons (Fsp3) is 0.462. The van der Waals surface area contributed by atoms with E-state index in [1.807, 2.05) is 11.6 Å². The lowest BCUT2D eigenvalue weighted by Gasteiger charge is -2.30. The number of aromatic nitrogens is 1. The Bertz CT molecular complexity index is 524. The van der Waals surface area contributed by atoms with E-state index in [0.717, 1.165) is 34.6 Å². The maximum atomic E-state index is 8.98. The zero-order chi connectivity index (χ0) is 13.1. The summed E-state index contributed by atoms with van der Waals surface area (Å²) in [7, 11) is 0. The van der Waals surface area contributed by atoms with Crippen LogP contribution in [-0.4, -0.2) is 29.3 Å². The lowest BCUT2D eigenvalue weighted by molar-refractivity contribution is 0.288. The molecule has 2 aromatic rings. The minimum atomic E-state index is 0.196. The molecular weight excluding hydrogens is 246 g/mol. The van der Waals surface area contributed by atoms with E-state index in [2.05, 4.69) is 29.8 Å². The number of hydrogen-bond donors (Lipinski definition) is 2. The summed E-state index contributed by atoms with van der Waals surface area (Å²) in [4.78, 5) is 6.53. The smallest absolute Gasteiger partial charge is 0.106 e. The summed E-state index contributed by atoms with van der Waals surface area (Å²) in [5.74, 6) is 0. The van der Waals surface area contributed by atoms with E-state index < -0.39 is 0 Å². The van der Waals surface area contributed by atoms with Gasteiger partial charge < -0.3 is 15.7 Å². The molecule has 1 heterocycles. The number of rotatable bonds is 5. The molecule has 2 rings (SSSR count). The van der Waals surface area contributed by atoms with Crippen molar-refractivity contribution in [2.24, 2.45) is 0 Å². The van der Waals surface area contributed by atoms with Crippen LogP contribution in [0.25, 0.3) is 10.2 Å². The molecule has 0 saturated heterocycles. The largest absolute Gasteiger partial charge is 0.396 e. The van der Waals surface area contributed by atoms with E-state index in [0.29, 0.717) is 6.04 Å². The zero-order valence-corrected chi connectivity index (χ0v) is 11.6. The van der Waals surface area contributed by atoms with Gasteiger partial charge in [-0.25, -0.2) is 4.98 Å². The van der Waals surface area contributed by atoms with Gasteiger partial charge in [0.2, 0.25) is 0 Å². The minimum Gasteiger partial charge on any atom is -0.396 e. The number of aliphatic hydroxyl groups excluding tert-OH is 1. The predicted octanol–water partition coefficient (Wildman–Crippen LogP) is 2.48. The number of hydrogen-bond acceptors (Lipinski definition) is 5. The first kappa shape index (κ1) is 13.1. The number of fused-ring (bicyclic) bond motifs is 1. The van der Waals surface area contributed by atoms with Gasteiger partial charge in [-0.05, 0) is 32.4 Å². The third-order valence-electron chi connectivity index (χ3n) is 3.01. The van der Waals surface area contributed by atoms with E-state index >= 15 is 0 Å². The molecule has 0 unspecified atom stereocenters. The van der Waals surface area contributed by atoms with Crippen molar-refractivity contribution in [2.75, 3.05) is 23.8 Å². The molecule has 4 nitrogen and oxygen atoms in total. The summed E-state index contributed by atoms with van der Waals surface area (Å²) in [6.45, 7) is 5.25. The first-order valence-electron chi connectivity index (χ1n) is 6.14. The monoisotopic (exact) mass is 265 g/mol. The third kappa shape index (κ3) is 2.42. The van der Waals surface area contributed by atoms with E-state index in [1.54, 1.807) is 11.3 Å². The van der Waals surface area contributed by atoms with E-state index in [-0.39, 0.29) is 6.61 Å². The molecule has 0 spiro atoms. The van der Waals surface area contributed by atoms with Crippen molar-refractivity contribution in [1.29, 1.82) is 0 Å². The van der Waals surface area contributed by atoms with Gasteiger partial charge in [0.15, 0.2) is 0 Å². The Morgan fingerprint density at radius 2 is 2.22 bits per heavy atom. The summed E-state index contributed by atoms with van der Waals surface area (Å²) in [5, 5.41) is 8.98. The third-order valence-corrected chi connectivity index (χ3v) is 3.80. The second-order valence-corrected chi connectivity index (χ2v) is 5.45. The summed E-state index contributed by atoms with van der Waals surface area (Å²) in [6, 6.07) is 4.45. The SMILES string of the molecule is CC(C)N(CCCO)c1ccc2scnc2c1N. The number of aliphatic hydroxyl groups is 1. The molecule has 0 fully saturated rings. The highest BCUT2D eigenvalue weighted by Crippen LogP contribution is 2.33. The maximum absolute atomic E-state index is 8.98. The van der Waals surface area contributed by atoms with Crippen molar-refractivity contribution < 1.29 is 5.11 Å². The molecular formula is C13H19N3OS. The highest BCUT2D eigenvalue weighted by atomic mass is 32.1. The molecule has 0 aliphatic heterocycles. The first-order valence-corrected chi connectivity index (χ1v) is 7.02. The normalized spacial score (nSPS) is 11.3. The van der Waals surface area contributed by atoms with Crippen LogP contribution in [0.3, 0.4) is 0 Å². The maximum Gasteiger partial charge on any atom is 0.106 e. The quantitative estimate of drug-likeness (QED) is 0.815. The second kappa shape index (κ2) is 5.54. The van der Waals surface area contributed by atoms with Crippen molar-refractivity contribution in [3.63, 3.8) is 0 Å². The molecule has 1 aromatic heterocycles. The molecule has 0 saturated carbocycles. The van der Waals surface area contributed by atoms with Crippen molar-refractivity contribution in [3.8, 4) is 0 Å². The van der Waals surface area contributed by atoms with Crippen LogP contribution in [0.4, 0.5) is 11.4 Å². The fourth-order valence-corrected chi connectivity index (χ4v) is 2.78. The molecule has 0 amide bonds. The number of benzene rings is 1. The minimum absolute atomic E-state index is 0.196. The van der Waals surface area contributed by atoms with Gasteiger partial charge in [0.05, 0.1) is 21.6 Å². The average molecular weight is 265 g/mol. The molecule has 3 N–H and O–H groups in total. The van der Waals surface area contributed by atoms with Crippen LogP contribution >= 0.6 is 11.3 Å². The van der Waals surface area contributed by atoms with Crippen LogP contribution in [-0.2, 0) is 0 Å². The van der Waals surface area contributed by atoms with Crippen molar-refractivity contribution in [3.05, 3.63) is 17.6 Å². The van der Waals surface area contributed by atoms with Gasteiger partial charge in [0, 0.05) is 19.2 Å². The van der Waals surface area contributed by atoms with E-state index in [4.69, 9.17) is 10.8 Å². The molecule has 98 valence electrons. The molecule has 0 radical (unpaired) electrons. The summed E-state index contributed by atoms with van der Waals surface area (Å²) >= 11 is 1.60. The van der Waals surface area contributed by atoms with Crippen LogP contribution in [0.2, 0.25) is 0 Å². The average Bonchev–Trinajstić information content (AvgIpc) is 2.80. The molecule has 18 heavy (non-hydrogen) atoms. The Balaban J connectivity index is 2.40. The fourth-order valence-electron chi connectivity index (χ4n) is 2.09. The summed E-state index contributed by atoms with van der Waals surface area (Å²) < 4.78 is 1.11. The molecule has 0 aliphatic carbocycles. The topological polar surface area (TPSA) is 62.4 Å². The van der Waals surface area contributed by atoms with Gasteiger partial charge in [-0.1, -0.05) is 0 Å². The van der Waals surface area contributed by atoms with Crippen LogP contribution in [0, 0.1) is 0 Å². The van der Waals surface area contributed by atoms with Crippen molar-refractivity contribution in [1.82, 2.24) is 4.98 Å². The standard InChI is InChI=1S/C13H19N3OS/c1-9(2)16(6-3-7-17)10-4-5-11-13(12(10)14)15-8-18-11/h4-5,8-9,17H,3,6-7,14H2,1-2H3. The van der Waals surface area contributed by atoms with E-state index in [9.17, 15) is 0 Å². The van der Waals surface area contributed by atoms with Gasteiger partial charge >= 0.3 is 0 Å².